The molecule has 0 spiro atoms. The lowest BCUT2D eigenvalue weighted by atomic mass is 10.1. The summed E-state index contributed by atoms with van der Waals surface area (Å²) in [6, 6.07) is 3.60. The number of aliphatic hydroxyl groups is 1. The van der Waals surface area contributed by atoms with Gasteiger partial charge in [0.1, 0.15) is 5.03 Å². The van der Waals surface area contributed by atoms with Crippen molar-refractivity contribution in [2.75, 3.05) is 12.3 Å². The Morgan fingerprint density at radius 3 is 3.00 bits per heavy atom. The normalized spacial score (nSPS) is 14.9. The zero-order valence-corrected chi connectivity index (χ0v) is 10.2. The topological polar surface area (TPSA) is 59.1 Å². The number of thioether (sulfide) groups is 1. The van der Waals surface area contributed by atoms with E-state index in [2.05, 4.69) is 4.98 Å². The van der Waals surface area contributed by atoms with E-state index in [-0.39, 0.29) is 6.54 Å². The largest absolute Gasteiger partial charge is 0.389 e. The first-order chi connectivity index (χ1) is 7.05. The van der Waals surface area contributed by atoms with Crippen molar-refractivity contribution >= 4 is 23.4 Å². The van der Waals surface area contributed by atoms with Gasteiger partial charge < -0.3 is 10.8 Å². The first-order valence-electron chi connectivity index (χ1n) is 4.71. The molecule has 0 amide bonds. The number of aromatic nitrogens is 1. The van der Waals surface area contributed by atoms with Crippen LogP contribution < -0.4 is 5.73 Å². The lowest BCUT2D eigenvalue weighted by Crippen LogP contribution is -2.34. The van der Waals surface area contributed by atoms with Gasteiger partial charge in [-0.3, -0.25) is 0 Å². The van der Waals surface area contributed by atoms with Gasteiger partial charge in [-0.2, -0.15) is 0 Å². The highest BCUT2D eigenvalue weighted by atomic mass is 35.5. The summed E-state index contributed by atoms with van der Waals surface area (Å²) in [6.45, 7) is 2.00. The molecule has 0 aliphatic carbocycles. The summed E-state index contributed by atoms with van der Waals surface area (Å²) in [4.78, 5) is 4.14. The SMILES string of the molecule is CC(O)(CN)CCSc1ncccc1Cl. The van der Waals surface area contributed by atoms with E-state index in [0.29, 0.717) is 11.4 Å². The Kier molecular flexibility index (Phi) is 4.86. The van der Waals surface area contributed by atoms with E-state index in [4.69, 9.17) is 17.3 Å². The van der Waals surface area contributed by atoms with E-state index in [0.717, 1.165) is 10.8 Å². The van der Waals surface area contributed by atoms with E-state index in [1.165, 1.54) is 11.8 Å². The first kappa shape index (κ1) is 12.8. The van der Waals surface area contributed by atoms with Gasteiger partial charge in [-0.05, 0) is 25.5 Å². The molecule has 1 atom stereocenters. The maximum absolute atomic E-state index is 9.68. The van der Waals surface area contributed by atoms with Crippen molar-refractivity contribution in [2.24, 2.45) is 5.73 Å². The number of nitrogens with two attached hydrogens (primary N) is 1. The molecule has 5 heteroatoms. The summed E-state index contributed by atoms with van der Waals surface area (Å²) in [5, 5.41) is 11.1. The lowest BCUT2D eigenvalue weighted by Gasteiger charge is -2.20. The molecule has 1 rings (SSSR count). The van der Waals surface area contributed by atoms with E-state index in [1.54, 1.807) is 25.3 Å². The van der Waals surface area contributed by atoms with Gasteiger partial charge in [0.05, 0.1) is 10.6 Å². The van der Waals surface area contributed by atoms with Gasteiger partial charge in [-0.15, -0.1) is 11.8 Å². The summed E-state index contributed by atoms with van der Waals surface area (Å²) in [5.74, 6) is 0.751. The molecule has 1 unspecified atom stereocenters. The third kappa shape index (κ3) is 4.38. The number of nitrogens with zero attached hydrogens (tertiary/aromatic N) is 1. The molecule has 0 aromatic carbocycles. The van der Waals surface area contributed by atoms with Crippen molar-refractivity contribution in [1.82, 2.24) is 4.98 Å². The molecule has 0 saturated carbocycles. The van der Waals surface area contributed by atoms with E-state index in [1.807, 2.05) is 0 Å². The van der Waals surface area contributed by atoms with Crippen LogP contribution in [0.4, 0.5) is 0 Å². The second kappa shape index (κ2) is 5.70. The quantitative estimate of drug-likeness (QED) is 0.780. The fourth-order valence-corrected chi connectivity index (χ4v) is 2.31. The maximum Gasteiger partial charge on any atom is 0.115 e. The van der Waals surface area contributed by atoms with Crippen molar-refractivity contribution in [3.05, 3.63) is 23.4 Å². The highest BCUT2D eigenvalue weighted by molar-refractivity contribution is 7.99. The average molecular weight is 247 g/mol. The van der Waals surface area contributed by atoms with Gasteiger partial charge in [-0.1, -0.05) is 11.6 Å². The molecule has 84 valence electrons. The van der Waals surface area contributed by atoms with Gasteiger partial charge in [-0.25, -0.2) is 4.98 Å². The van der Waals surface area contributed by atoms with Gasteiger partial charge in [0.25, 0.3) is 0 Å². The van der Waals surface area contributed by atoms with Crippen LogP contribution in [0.25, 0.3) is 0 Å². The number of halogens is 1. The van der Waals surface area contributed by atoms with Gasteiger partial charge in [0, 0.05) is 18.5 Å². The monoisotopic (exact) mass is 246 g/mol. The van der Waals surface area contributed by atoms with Gasteiger partial charge >= 0.3 is 0 Å². The second-order valence-electron chi connectivity index (χ2n) is 3.59. The van der Waals surface area contributed by atoms with Crippen LogP contribution in [-0.2, 0) is 0 Å². The summed E-state index contributed by atoms with van der Waals surface area (Å²) in [5.41, 5.74) is 4.62. The molecular formula is C10H15ClN2OS. The lowest BCUT2D eigenvalue weighted by molar-refractivity contribution is 0.0665. The zero-order valence-electron chi connectivity index (χ0n) is 8.61. The van der Waals surface area contributed by atoms with Gasteiger partial charge in [0.2, 0.25) is 0 Å². The predicted molar refractivity (Wildman–Crippen MR) is 64.3 cm³/mol. The number of rotatable bonds is 5. The highest BCUT2D eigenvalue weighted by Crippen LogP contribution is 2.25. The minimum Gasteiger partial charge on any atom is -0.389 e. The van der Waals surface area contributed by atoms with Crippen molar-refractivity contribution in [3.8, 4) is 0 Å². The summed E-state index contributed by atoms with van der Waals surface area (Å²) in [6.07, 6.45) is 2.33. The Hall–Kier alpha value is -0.290. The van der Waals surface area contributed by atoms with E-state index >= 15 is 0 Å². The Morgan fingerprint density at radius 2 is 2.40 bits per heavy atom. The molecule has 0 aliphatic heterocycles. The van der Waals surface area contributed by atoms with Crippen molar-refractivity contribution < 1.29 is 5.11 Å². The van der Waals surface area contributed by atoms with E-state index < -0.39 is 5.60 Å². The second-order valence-corrected chi connectivity index (χ2v) is 5.08. The standard InChI is InChI=1S/C10H15ClN2OS/c1-10(14,7-12)4-6-15-9-8(11)3-2-5-13-9/h2-3,5,14H,4,6-7,12H2,1H3. The highest BCUT2D eigenvalue weighted by Gasteiger charge is 2.17. The molecule has 0 aliphatic rings. The van der Waals surface area contributed by atoms with Crippen molar-refractivity contribution in [2.45, 2.75) is 24.0 Å². The summed E-state index contributed by atoms with van der Waals surface area (Å²) < 4.78 is 0. The van der Waals surface area contributed by atoms with Crippen LogP contribution in [-0.4, -0.2) is 28.0 Å². The number of hydrogen-bond acceptors (Lipinski definition) is 4. The first-order valence-corrected chi connectivity index (χ1v) is 6.07. The smallest absolute Gasteiger partial charge is 0.115 e. The fourth-order valence-electron chi connectivity index (χ4n) is 0.947. The molecule has 0 saturated heterocycles. The van der Waals surface area contributed by atoms with Crippen LogP contribution in [0.1, 0.15) is 13.3 Å². The zero-order chi connectivity index (χ0) is 11.3. The molecule has 3 nitrogen and oxygen atoms in total. The minimum absolute atomic E-state index is 0.267. The van der Waals surface area contributed by atoms with Crippen LogP contribution >= 0.6 is 23.4 Å². The van der Waals surface area contributed by atoms with Crippen molar-refractivity contribution in [1.29, 1.82) is 0 Å². The van der Waals surface area contributed by atoms with Crippen LogP contribution in [0.3, 0.4) is 0 Å². The van der Waals surface area contributed by atoms with Crippen LogP contribution in [0.5, 0.6) is 0 Å². The molecule has 1 heterocycles. The predicted octanol–water partition coefficient (Wildman–Crippen LogP) is 1.93. The van der Waals surface area contributed by atoms with Crippen LogP contribution in [0, 0.1) is 0 Å². The summed E-state index contributed by atoms with van der Waals surface area (Å²) >= 11 is 7.47. The van der Waals surface area contributed by atoms with Gasteiger partial charge in [0.15, 0.2) is 0 Å². The average Bonchev–Trinajstić information content (AvgIpc) is 2.21. The Morgan fingerprint density at radius 1 is 1.67 bits per heavy atom. The Bertz CT molecular complexity index is 320. The van der Waals surface area contributed by atoms with Crippen molar-refractivity contribution in [3.63, 3.8) is 0 Å². The maximum atomic E-state index is 9.68. The molecule has 0 radical (unpaired) electrons. The molecule has 0 bridgehead atoms. The summed E-state index contributed by atoms with van der Waals surface area (Å²) in [7, 11) is 0. The molecule has 3 N–H and O–H groups in total. The minimum atomic E-state index is -0.797. The molecule has 1 aromatic rings. The molecule has 15 heavy (non-hydrogen) atoms. The van der Waals surface area contributed by atoms with Crippen LogP contribution in [0.15, 0.2) is 23.4 Å². The molecule has 1 aromatic heterocycles. The Balaban J connectivity index is 2.42. The van der Waals surface area contributed by atoms with Crippen LogP contribution in [0.2, 0.25) is 5.02 Å². The fraction of sp³-hybridized carbons (Fsp3) is 0.500. The molecular weight excluding hydrogens is 232 g/mol. The van der Waals surface area contributed by atoms with E-state index in [9.17, 15) is 5.11 Å². The Labute approximate surface area is 99.0 Å². The third-order valence-electron chi connectivity index (χ3n) is 2.04. The molecule has 0 fully saturated rings. The number of pyridine rings is 1. The number of hydrogen-bond donors (Lipinski definition) is 2. The third-order valence-corrected chi connectivity index (χ3v) is 3.47.